The van der Waals surface area contributed by atoms with E-state index in [0.29, 0.717) is 18.9 Å². The van der Waals surface area contributed by atoms with Crippen LogP contribution in [-0.4, -0.2) is 128 Å². The lowest BCUT2D eigenvalue weighted by Gasteiger charge is -2.28. The summed E-state index contributed by atoms with van der Waals surface area (Å²) in [6.07, 6.45) is -3.83. The number of carbonyl (C=O) groups is 4. The Bertz CT molecular complexity index is 2950. The second-order valence-electron chi connectivity index (χ2n) is 18.3. The van der Waals surface area contributed by atoms with Gasteiger partial charge in [0.25, 0.3) is 11.8 Å². The van der Waals surface area contributed by atoms with Crippen LogP contribution in [0.2, 0.25) is 0 Å². The van der Waals surface area contributed by atoms with Crippen molar-refractivity contribution in [1.82, 2.24) is 49.8 Å². The zero-order valence-corrected chi connectivity index (χ0v) is 45.4. The highest BCUT2D eigenvalue weighted by Gasteiger charge is 2.32. The lowest BCUT2D eigenvalue weighted by Crippen LogP contribution is -2.42. The molecule has 4 heterocycles. The Morgan fingerprint density at radius 2 is 1.06 bits per heavy atom. The Kier molecular flexibility index (Phi) is 27.3. The largest absolute Gasteiger partial charge is 0.475 e. The van der Waals surface area contributed by atoms with Crippen molar-refractivity contribution in [2.75, 3.05) is 26.3 Å². The number of hydrogen-bond acceptors (Lipinski definition) is 14. The number of nitrogens with zero attached hydrogens (tertiary/aromatic N) is 11. The molecule has 2 aromatic carbocycles. The molecule has 0 radical (unpaired) electrons. The first-order valence-electron chi connectivity index (χ1n) is 23.6. The van der Waals surface area contributed by atoms with E-state index < -0.39 is 76.0 Å². The van der Waals surface area contributed by atoms with Crippen LogP contribution in [0, 0.1) is 19.1 Å². The van der Waals surface area contributed by atoms with Gasteiger partial charge in [-0.15, -0.1) is 9.59 Å². The number of amides is 4. The lowest BCUT2D eigenvalue weighted by atomic mass is 10.1. The van der Waals surface area contributed by atoms with Crippen molar-refractivity contribution in [3.8, 4) is 17.3 Å². The van der Waals surface area contributed by atoms with Gasteiger partial charge in [-0.25, -0.2) is 23.4 Å². The molecule has 6 aromatic rings. The Labute approximate surface area is 461 Å². The lowest BCUT2D eigenvalue weighted by molar-refractivity contribution is -0.138. The van der Waals surface area contributed by atoms with Crippen LogP contribution in [0.3, 0.4) is 0 Å². The molecule has 0 aliphatic carbocycles. The number of carbonyl (C=O) groups excluding carboxylic acids is 4. The third kappa shape index (κ3) is 22.6. The van der Waals surface area contributed by atoms with Crippen LogP contribution in [0.5, 0.6) is 5.88 Å². The maximum atomic E-state index is 14.4. The molecule has 4 aromatic heterocycles. The molecule has 21 nitrogen and oxygen atoms in total. The van der Waals surface area contributed by atoms with Gasteiger partial charge in [0.05, 0.1) is 65.7 Å². The number of aliphatic hydroxyl groups excluding tert-OH is 1. The van der Waals surface area contributed by atoms with Crippen LogP contribution in [0.4, 0.5) is 44.7 Å². The van der Waals surface area contributed by atoms with Crippen molar-refractivity contribution in [2.24, 2.45) is 10.2 Å². The molecule has 0 aliphatic rings. The van der Waals surface area contributed by atoms with E-state index in [1.807, 2.05) is 4.98 Å². The van der Waals surface area contributed by atoms with Gasteiger partial charge in [0.2, 0.25) is 11.4 Å². The molecule has 0 saturated carbocycles. The summed E-state index contributed by atoms with van der Waals surface area (Å²) in [5.41, 5.74) is -3.44. The van der Waals surface area contributed by atoms with Crippen molar-refractivity contribution in [3.05, 3.63) is 150 Å². The van der Waals surface area contributed by atoms with Crippen molar-refractivity contribution in [2.45, 2.75) is 112 Å². The highest BCUT2D eigenvalue weighted by Crippen LogP contribution is 2.30. The highest BCUT2D eigenvalue weighted by molar-refractivity contribution is 5.98. The summed E-state index contributed by atoms with van der Waals surface area (Å²) in [5, 5.41) is 31.0. The number of aromatic amines is 1. The van der Waals surface area contributed by atoms with E-state index in [4.69, 9.17) is 14.2 Å². The van der Waals surface area contributed by atoms with Gasteiger partial charge in [-0.05, 0) is 106 Å². The van der Waals surface area contributed by atoms with Gasteiger partial charge in [0.1, 0.15) is 29.2 Å². The fraction of sp³-hybridized carbons (Fsp3) is 0.404. The molecule has 29 heteroatoms. The Hall–Kier alpha value is -8.50. The number of hydrogen-bond donors (Lipinski definition) is 2. The minimum atomic E-state index is -4.49. The third-order valence-electron chi connectivity index (χ3n) is 9.85. The topological polar surface area (TPSA) is 255 Å². The second kappa shape index (κ2) is 31.3. The quantitative estimate of drug-likeness (QED) is 0.0657. The van der Waals surface area contributed by atoms with Crippen molar-refractivity contribution in [3.63, 3.8) is 0 Å². The fourth-order valence-corrected chi connectivity index (χ4v) is 6.33. The van der Waals surface area contributed by atoms with E-state index in [1.165, 1.54) is 71.0 Å². The molecule has 0 aliphatic heterocycles. The summed E-state index contributed by atoms with van der Waals surface area (Å²) in [6, 6.07) is 11.0. The van der Waals surface area contributed by atoms with Gasteiger partial charge in [-0.1, -0.05) is 29.8 Å². The zero-order chi connectivity index (χ0) is 59.5. The molecule has 0 spiro atoms. The molecular formula is C52H65F8N12O9-. The molecule has 0 fully saturated rings. The van der Waals surface area contributed by atoms with Crippen molar-refractivity contribution < 1.29 is 73.6 Å². The van der Waals surface area contributed by atoms with Gasteiger partial charge < -0.3 is 41.5 Å². The molecule has 6 rings (SSSR count). The van der Waals surface area contributed by atoms with Crippen LogP contribution in [0.1, 0.15) is 109 Å². The summed E-state index contributed by atoms with van der Waals surface area (Å²) in [5.74, 6) is -2.08. The zero-order valence-electron chi connectivity index (χ0n) is 45.4. The number of rotatable bonds is 12. The second-order valence-corrected chi connectivity index (χ2v) is 18.3. The van der Waals surface area contributed by atoms with Gasteiger partial charge in [0.15, 0.2) is 11.6 Å². The normalized spacial score (nSPS) is 12.0. The first-order chi connectivity index (χ1) is 36.8. The first-order valence-corrected chi connectivity index (χ1v) is 23.6. The van der Waals surface area contributed by atoms with Crippen LogP contribution < -0.4 is 10.3 Å². The monoisotopic (exact) mass is 1150 g/mol. The number of alkyl halides is 6. The number of aliphatic hydroxyl groups is 1. The number of likely N-dealkylation sites (N-methyl/N-ethyl adjacent to an activating group) is 2. The summed E-state index contributed by atoms with van der Waals surface area (Å²) < 4.78 is 117. The molecule has 0 bridgehead atoms. The average molecular weight is 1150 g/mol. The van der Waals surface area contributed by atoms with Crippen LogP contribution >= 0.6 is 0 Å². The third-order valence-corrected chi connectivity index (χ3v) is 9.85. The van der Waals surface area contributed by atoms with Gasteiger partial charge >= 0.3 is 24.5 Å². The number of ether oxygens (including phenoxy) is 3. The van der Waals surface area contributed by atoms with E-state index >= 15 is 0 Å². The average Bonchev–Trinajstić information content (AvgIpc) is 4.11. The molecule has 2 atom stereocenters. The number of aromatic nitrogens is 8. The summed E-state index contributed by atoms with van der Waals surface area (Å²) in [7, 11) is 0. The maximum absolute atomic E-state index is 14.4. The van der Waals surface area contributed by atoms with Crippen molar-refractivity contribution >= 4 is 24.0 Å². The van der Waals surface area contributed by atoms with Crippen LogP contribution in [0.15, 0.2) is 113 Å². The number of azo groups is 1. The predicted molar refractivity (Wildman–Crippen MR) is 279 cm³/mol. The van der Waals surface area contributed by atoms with Gasteiger partial charge in [-0.2, -0.15) is 46.7 Å². The van der Waals surface area contributed by atoms with E-state index in [-0.39, 0.29) is 74.9 Å². The van der Waals surface area contributed by atoms with E-state index in [9.17, 15) is 64.2 Å². The van der Waals surface area contributed by atoms with Crippen molar-refractivity contribution in [1.29, 1.82) is 0 Å². The highest BCUT2D eigenvalue weighted by atomic mass is 19.4. The van der Waals surface area contributed by atoms with Gasteiger partial charge in [0, 0.05) is 37.6 Å². The number of H-pyrrole nitrogens is 1. The molecular weight excluding hydrogens is 1090 g/mol. The Morgan fingerprint density at radius 1 is 0.654 bits per heavy atom. The molecule has 0 saturated heterocycles. The first kappa shape index (κ1) is 70.5. The van der Waals surface area contributed by atoms with Gasteiger partial charge in [-0.3, -0.25) is 14.4 Å². The minimum absolute atomic E-state index is 0. The Balaban J connectivity index is 0.000000573. The molecule has 81 heavy (non-hydrogen) atoms. The van der Waals surface area contributed by atoms with E-state index in [1.54, 1.807) is 69.2 Å². The number of nitrogens with one attached hydrogen (secondary N) is 1. The maximum Gasteiger partial charge on any atom is 0.453 e. The van der Waals surface area contributed by atoms with E-state index in [2.05, 4.69) is 35.6 Å². The SMILES string of the molecule is C.CC(C)(C)OC(=O)N=NC(=O)OC(C)(C)C.CCN(C(=O)c1cccc(F)c1-n1nccn1)[C@@H](C)CO.CCN(C(=O)c1cccc(F)c1-n1nccn1)[C@@H](C)COc1ccc(C(F)(F)F)cn1.O=c1ccc(C(F)(F)F)c[nH]1.[CH3-]. The fourth-order valence-electron chi connectivity index (χ4n) is 6.33. The molecule has 444 valence electrons. The summed E-state index contributed by atoms with van der Waals surface area (Å²) in [6.45, 7) is 17.6. The summed E-state index contributed by atoms with van der Waals surface area (Å²) in [4.78, 5) is 68.8. The standard InChI is InChI=1S/C20H19F4N5O2.C14H17FN4O2.C10H18N2O4.C6H4F3NO.CH4.CH3/c1-3-28(13(2)12-31-17-8-7-14(11-25-17)20(22,23)24)19(30)15-5-4-6-16(21)18(15)29-26-9-10-27-29;1-3-18(10(2)9-20)14(21)11-5-4-6-12(15)13(11)19-16-7-8-17-19;1-9(2,3)15-7(13)11-12-8(14)16-10(4,5)6;7-6(8,9)4-1-2-5(11)10-3-4;;/h4-11,13H,3,12H2,1-2H3;4-8,10,20H,3,9H2,1-2H3;1-6H3;1-3H,(H,10,11);1H4;1H3/q;;;;;-1/t13-;10-;;;;/m00..../s1. The number of halogens is 8. The smallest absolute Gasteiger partial charge is 0.453 e. The van der Waals surface area contributed by atoms with Crippen LogP contribution in [0.25, 0.3) is 11.4 Å². The predicted octanol–water partition coefficient (Wildman–Crippen LogP) is 10.8. The molecule has 0 unspecified atom stereocenters. The summed E-state index contributed by atoms with van der Waals surface area (Å²) >= 11 is 0. The number of para-hydroxylation sites is 2. The number of benzene rings is 2. The minimum Gasteiger partial charge on any atom is -0.475 e. The molecule has 4 amide bonds. The van der Waals surface area contributed by atoms with E-state index in [0.717, 1.165) is 33.9 Å². The Morgan fingerprint density at radius 3 is 1.40 bits per heavy atom. The number of pyridine rings is 2. The molecule has 2 N–H and O–H groups in total. The van der Waals surface area contributed by atoms with Crippen LogP contribution in [-0.2, 0) is 21.8 Å².